The quantitative estimate of drug-likeness (QED) is 0.888. The highest BCUT2D eigenvalue weighted by molar-refractivity contribution is 5.59. The second-order valence-electron chi connectivity index (χ2n) is 5.72. The number of nitrogens with one attached hydrogen (secondary N) is 2. The third-order valence-corrected chi connectivity index (χ3v) is 3.83. The lowest BCUT2D eigenvalue weighted by Crippen LogP contribution is -2.27. The van der Waals surface area contributed by atoms with E-state index in [2.05, 4.69) is 29.7 Å². The van der Waals surface area contributed by atoms with Crippen molar-refractivity contribution in [2.75, 3.05) is 18.5 Å². The fourth-order valence-corrected chi connectivity index (χ4v) is 2.63. The molecule has 22 heavy (non-hydrogen) atoms. The Kier molecular flexibility index (Phi) is 4.59. The van der Waals surface area contributed by atoms with Gasteiger partial charge >= 0.3 is 0 Å². The molecular weight excluding hydrogens is 279 g/mol. The topological polar surface area (TPSA) is 33.3 Å². The van der Waals surface area contributed by atoms with Crippen LogP contribution >= 0.6 is 0 Å². The Morgan fingerprint density at radius 1 is 1.18 bits per heavy atom. The SMILES string of the molecule is CC(Cc1ccc2c(c1)NCCO2)NCc1ccc(F)cc1. The average Bonchev–Trinajstić information content (AvgIpc) is 2.54. The number of hydrogen-bond acceptors (Lipinski definition) is 3. The maximum absolute atomic E-state index is 12.9. The molecule has 0 saturated heterocycles. The van der Waals surface area contributed by atoms with Crippen molar-refractivity contribution in [1.29, 1.82) is 0 Å². The lowest BCUT2D eigenvalue weighted by molar-refractivity contribution is 0.323. The number of halogens is 1. The molecule has 0 aliphatic carbocycles. The van der Waals surface area contributed by atoms with Crippen LogP contribution in [0.25, 0.3) is 0 Å². The maximum atomic E-state index is 12.9. The van der Waals surface area contributed by atoms with Gasteiger partial charge in [0.1, 0.15) is 18.2 Å². The van der Waals surface area contributed by atoms with Crippen LogP contribution in [0.3, 0.4) is 0 Å². The number of rotatable bonds is 5. The van der Waals surface area contributed by atoms with Crippen LogP contribution in [0.15, 0.2) is 42.5 Å². The number of anilines is 1. The maximum Gasteiger partial charge on any atom is 0.142 e. The van der Waals surface area contributed by atoms with E-state index in [0.717, 1.165) is 43.1 Å². The van der Waals surface area contributed by atoms with Gasteiger partial charge in [-0.1, -0.05) is 18.2 Å². The molecule has 0 saturated carbocycles. The van der Waals surface area contributed by atoms with Crippen molar-refractivity contribution in [3.63, 3.8) is 0 Å². The van der Waals surface area contributed by atoms with Gasteiger partial charge in [0.25, 0.3) is 0 Å². The summed E-state index contributed by atoms with van der Waals surface area (Å²) in [4.78, 5) is 0. The Morgan fingerprint density at radius 2 is 1.95 bits per heavy atom. The van der Waals surface area contributed by atoms with Crippen molar-refractivity contribution in [3.8, 4) is 5.75 Å². The molecule has 0 spiro atoms. The van der Waals surface area contributed by atoms with Crippen LogP contribution < -0.4 is 15.4 Å². The molecule has 3 rings (SSSR count). The van der Waals surface area contributed by atoms with Crippen LogP contribution in [0.5, 0.6) is 5.75 Å². The molecule has 2 N–H and O–H groups in total. The average molecular weight is 300 g/mol. The summed E-state index contributed by atoms with van der Waals surface area (Å²) in [6, 6.07) is 13.3. The molecule has 4 heteroatoms. The predicted octanol–water partition coefficient (Wildman–Crippen LogP) is 3.35. The molecule has 0 radical (unpaired) electrons. The lowest BCUT2D eigenvalue weighted by Gasteiger charge is -2.21. The minimum absolute atomic E-state index is 0.194. The van der Waals surface area contributed by atoms with Crippen molar-refractivity contribution in [3.05, 3.63) is 59.4 Å². The van der Waals surface area contributed by atoms with Crippen LogP contribution in [0.2, 0.25) is 0 Å². The van der Waals surface area contributed by atoms with Crippen LogP contribution in [-0.2, 0) is 13.0 Å². The van der Waals surface area contributed by atoms with E-state index in [1.807, 2.05) is 18.2 Å². The zero-order valence-corrected chi connectivity index (χ0v) is 12.7. The molecule has 2 aromatic carbocycles. The second kappa shape index (κ2) is 6.79. The van der Waals surface area contributed by atoms with Crippen LogP contribution in [0.4, 0.5) is 10.1 Å². The molecule has 1 aliphatic rings. The van der Waals surface area contributed by atoms with Gasteiger partial charge in [-0.3, -0.25) is 0 Å². The van der Waals surface area contributed by atoms with Gasteiger partial charge in [0.2, 0.25) is 0 Å². The summed E-state index contributed by atoms with van der Waals surface area (Å²) in [6.07, 6.45) is 0.941. The molecule has 3 nitrogen and oxygen atoms in total. The summed E-state index contributed by atoms with van der Waals surface area (Å²) in [5.74, 6) is 0.738. The van der Waals surface area contributed by atoms with Gasteiger partial charge in [-0.25, -0.2) is 4.39 Å². The van der Waals surface area contributed by atoms with E-state index in [1.54, 1.807) is 0 Å². The molecule has 2 aromatic rings. The van der Waals surface area contributed by atoms with Gasteiger partial charge in [0.15, 0.2) is 0 Å². The number of ether oxygens (including phenoxy) is 1. The first-order valence-corrected chi connectivity index (χ1v) is 7.68. The van der Waals surface area contributed by atoms with Crippen molar-refractivity contribution in [1.82, 2.24) is 5.32 Å². The van der Waals surface area contributed by atoms with Gasteiger partial charge < -0.3 is 15.4 Å². The van der Waals surface area contributed by atoms with E-state index in [4.69, 9.17) is 4.74 Å². The summed E-state index contributed by atoms with van der Waals surface area (Å²) in [5, 5.41) is 6.83. The fourth-order valence-electron chi connectivity index (χ4n) is 2.63. The largest absolute Gasteiger partial charge is 0.490 e. The van der Waals surface area contributed by atoms with Gasteiger partial charge in [-0.15, -0.1) is 0 Å². The molecule has 1 heterocycles. The van der Waals surface area contributed by atoms with Gasteiger partial charge in [-0.2, -0.15) is 0 Å². The molecule has 0 aromatic heterocycles. The molecular formula is C18H21FN2O. The highest BCUT2D eigenvalue weighted by Crippen LogP contribution is 2.28. The summed E-state index contributed by atoms with van der Waals surface area (Å²) < 4.78 is 18.5. The highest BCUT2D eigenvalue weighted by Gasteiger charge is 2.11. The Morgan fingerprint density at radius 3 is 2.77 bits per heavy atom. The van der Waals surface area contributed by atoms with Crippen LogP contribution in [-0.4, -0.2) is 19.2 Å². The summed E-state index contributed by atoms with van der Waals surface area (Å²) in [5.41, 5.74) is 3.44. The Hall–Kier alpha value is -2.07. The first-order valence-electron chi connectivity index (χ1n) is 7.68. The number of hydrogen-bond donors (Lipinski definition) is 2. The summed E-state index contributed by atoms with van der Waals surface area (Å²) in [7, 11) is 0. The zero-order valence-electron chi connectivity index (χ0n) is 12.7. The Balaban J connectivity index is 1.55. The first-order chi connectivity index (χ1) is 10.7. The minimum atomic E-state index is -0.194. The minimum Gasteiger partial charge on any atom is -0.490 e. The third-order valence-electron chi connectivity index (χ3n) is 3.83. The smallest absolute Gasteiger partial charge is 0.142 e. The normalized spacial score (nSPS) is 14.6. The number of fused-ring (bicyclic) bond motifs is 1. The molecule has 0 bridgehead atoms. The molecule has 0 amide bonds. The van der Waals surface area contributed by atoms with Crippen molar-refractivity contribution in [2.45, 2.75) is 25.9 Å². The van der Waals surface area contributed by atoms with E-state index in [0.29, 0.717) is 6.04 Å². The fraction of sp³-hybridized carbons (Fsp3) is 0.333. The van der Waals surface area contributed by atoms with Crippen LogP contribution in [0.1, 0.15) is 18.1 Å². The summed E-state index contributed by atoms with van der Waals surface area (Å²) >= 11 is 0. The molecule has 1 atom stereocenters. The van der Waals surface area contributed by atoms with Gasteiger partial charge in [0, 0.05) is 19.1 Å². The van der Waals surface area contributed by atoms with Crippen molar-refractivity contribution in [2.24, 2.45) is 0 Å². The molecule has 116 valence electrons. The molecule has 1 aliphatic heterocycles. The van der Waals surface area contributed by atoms with E-state index in [9.17, 15) is 4.39 Å². The zero-order chi connectivity index (χ0) is 15.4. The van der Waals surface area contributed by atoms with E-state index in [1.165, 1.54) is 17.7 Å². The van der Waals surface area contributed by atoms with Crippen molar-refractivity contribution < 1.29 is 9.13 Å². The van der Waals surface area contributed by atoms with E-state index in [-0.39, 0.29) is 5.82 Å². The number of benzene rings is 2. The highest BCUT2D eigenvalue weighted by atomic mass is 19.1. The first kappa shape index (κ1) is 14.9. The molecule has 0 fully saturated rings. The second-order valence-corrected chi connectivity index (χ2v) is 5.72. The molecule has 1 unspecified atom stereocenters. The predicted molar refractivity (Wildman–Crippen MR) is 86.8 cm³/mol. The monoisotopic (exact) mass is 300 g/mol. The van der Waals surface area contributed by atoms with E-state index >= 15 is 0 Å². The van der Waals surface area contributed by atoms with Gasteiger partial charge in [-0.05, 0) is 48.7 Å². The Labute approximate surface area is 130 Å². The summed E-state index contributed by atoms with van der Waals surface area (Å²) in [6.45, 7) is 4.48. The standard InChI is InChI=1S/C18H21FN2O/c1-13(21-12-14-2-5-16(19)6-3-14)10-15-4-7-18-17(11-15)20-8-9-22-18/h2-7,11,13,20-21H,8-10,12H2,1H3. The van der Waals surface area contributed by atoms with Crippen molar-refractivity contribution >= 4 is 5.69 Å². The van der Waals surface area contributed by atoms with Gasteiger partial charge in [0.05, 0.1) is 5.69 Å². The third kappa shape index (κ3) is 3.77. The Bertz CT molecular complexity index is 627. The van der Waals surface area contributed by atoms with Crippen LogP contribution in [0, 0.1) is 5.82 Å². The van der Waals surface area contributed by atoms with E-state index < -0.39 is 0 Å². The lowest BCUT2D eigenvalue weighted by atomic mass is 10.1.